The summed E-state index contributed by atoms with van der Waals surface area (Å²) >= 11 is 0. The van der Waals surface area contributed by atoms with Crippen molar-refractivity contribution >= 4 is 86.6 Å². The summed E-state index contributed by atoms with van der Waals surface area (Å²) in [5, 5.41) is 9.85. The van der Waals surface area contributed by atoms with E-state index < -0.39 is 0 Å². The Bertz CT molecular complexity index is 3150. The van der Waals surface area contributed by atoms with Gasteiger partial charge in [-0.25, -0.2) is 0 Å². The van der Waals surface area contributed by atoms with Gasteiger partial charge in [0.05, 0.1) is 5.39 Å². The molecule has 9 rings (SSSR count). The Balaban J connectivity index is 1.65. The molecule has 0 atom stereocenters. The third kappa shape index (κ3) is 3.95. The van der Waals surface area contributed by atoms with Gasteiger partial charge in [0, 0.05) is 60.6 Å². The molecule has 0 bridgehead atoms. The van der Waals surface area contributed by atoms with E-state index in [9.17, 15) is 19.2 Å². The summed E-state index contributed by atoms with van der Waals surface area (Å²) < 4.78 is 9.87. The zero-order valence-corrected chi connectivity index (χ0v) is 30.1. The molecule has 0 N–H and O–H groups in total. The Kier molecular flexibility index (Phi) is 6.59. The molecular formula is C44H40N2O5. The minimum Gasteiger partial charge on any atom is -0.456 e. The van der Waals surface area contributed by atoms with Gasteiger partial charge >= 0.3 is 0 Å². The highest BCUT2D eigenvalue weighted by Crippen LogP contribution is 2.49. The van der Waals surface area contributed by atoms with E-state index in [-0.39, 0.29) is 39.7 Å². The number of pyridine rings is 2. The summed E-state index contributed by atoms with van der Waals surface area (Å²) in [5.41, 5.74) is 0.908. The summed E-state index contributed by atoms with van der Waals surface area (Å²) in [6.07, 6.45) is 2.64. The van der Waals surface area contributed by atoms with E-state index in [1.165, 1.54) is 9.13 Å². The van der Waals surface area contributed by atoms with Crippen molar-refractivity contribution < 1.29 is 4.42 Å². The fourth-order valence-corrected chi connectivity index (χ4v) is 9.14. The van der Waals surface area contributed by atoms with Crippen LogP contribution in [-0.2, 0) is 5.41 Å². The predicted octanol–water partition coefficient (Wildman–Crippen LogP) is 9.88. The maximum Gasteiger partial charge on any atom is 0.261 e. The van der Waals surface area contributed by atoms with Crippen LogP contribution in [0.2, 0.25) is 0 Å². The van der Waals surface area contributed by atoms with Crippen LogP contribution in [0.3, 0.4) is 0 Å². The van der Waals surface area contributed by atoms with Crippen molar-refractivity contribution in [3.05, 3.63) is 102 Å². The van der Waals surface area contributed by atoms with Crippen molar-refractivity contribution in [3.8, 4) is 0 Å². The largest absolute Gasteiger partial charge is 0.456 e. The minimum absolute atomic E-state index is 0.169. The molecule has 0 spiro atoms. The van der Waals surface area contributed by atoms with Crippen LogP contribution >= 0.6 is 0 Å². The van der Waals surface area contributed by atoms with E-state index in [1.54, 1.807) is 0 Å². The van der Waals surface area contributed by atoms with Crippen LogP contribution < -0.4 is 22.2 Å². The van der Waals surface area contributed by atoms with Crippen LogP contribution in [0.1, 0.15) is 91.8 Å². The number of aromatic nitrogens is 2. The molecule has 0 saturated carbocycles. The van der Waals surface area contributed by atoms with Gasteiger partial charge in [-0.3, -0.25) is 28.3 Å². The molecule has 6 aromatic carbocycles. The van der Waals surface area contributed by atoms with Crippen LogP contribution in [0, 0.1) is 0 Å². The van der Waals surface area contributed by atoms with E-state index in [0.29, 0.717) is 69.2 Å². The van der Waals surface area contributed by atoms with Gasteiger partial charge in [-0.2, -0.15) is 0 Å². The summed E-state index contributed by atoms with van der Waals surface area (Å²) in [6, 6.07) is 17.2. The van der Waals surface area contributed by atoms with Gasteiger partial charge in [-0.1, -0.05) is 72.7 Å². The Hall–Kier alpha value is -5.30. The molecule has 9 aromatic rings. The fraction of sp³-hybridized carbons (Fsp3) is 0.318. The summed E-state index contributed by atoms with van der Waals surface area (Å²) in [7, 11) is 0. The molecule has 0 fully saturated rings. The van der Waals surface area contributed by atoms with Gasteiger partial charge in [0.1, 0.15) is 11.2 Å². The van der Waals surface area contributed by atoms with Crippen molar-refractivity contribution in [3.63, 3.8) is 0 Å². The lowest BCUT2D eigenvalue weighted by atomic mass is 9.83. The molecule has 256 valence electrons. The molecule has 7 nitrogen and oxygen atoms in total. The van der Waals surface area contributed by atoms with Crippen LogP contribution in [0.25, 0.3) is 86.6 Å². The molecule has 3 heterocycles. The third-order valence-electron chi connectivity index (χ3n) is 11.8. The van der Waals surface area contributed by atoms with Crippen LogP contribution in [0.4, 0.5) is 0 Å². The lowest BCUT2D eigenvalue weighted by Crippen LogP contribution is -2.36. The molecule has 0 aliphatic rings. The van der Waals surface area contributed by atoms with Crippen molar-refractivity contribution in [1.29, 1.82) is 0 Å². The first kappa shape index (κ1) is 31.7. The average molecular weight is 677 g/mol. The van der Waals surface area contributed by atoms with Gasteiger partial charge in [0.25, 0.3) is 22.2 Å². The van der Waals surface area contributed by atoms with Crippen LogP contribution in [0.15, 0.2) is 78.2 Å². The molecule has 0 unspecified atom stereocenters. The molecule has 0 saturated heterocycles. The van der Waals surface area contributed by atoms with Gasteiger partial charge in [0.2, 0.25) is 0 Å². The maximum absolute atomic E-state index is 14.5. The van der Waals surface area contributed by atoms with E-state index in [1.807, 2.05) is 64.1 Å². The second kappa shape index (κ2) is 10.6. The molecule has 0 radical (unpaired) electrons. The van der Waals surface area contributed by atoms with Crippen molar-refractivity contribution in [2.45, 2.75) is 91.6 Å². The number of hydrogen-bond acceptors (Lipinski definition) is 5. The first-order valence-electron chi connectivity index (χ1n) is 18.3. The van der Waals surface area contributed by atoms with E-state index in [4.69, 9.17) is 4.42 Å². The first-order valence-corrected chi connectivity index (χ1v) is 18.3. The molecule has 3 aromatic heterocycles. The normalized spacial score (nSPS) is 13.2. The first-order chi connectivity index (χ1) is 24.4. The highest BCUT2D eigenvalue weighted by molar-refractivity contribution is 6.45. The lowest BCUT2D eigenvalue weighted by Gasteiger charge is -2.22. The molecule has 0 amide bonds. The maximum atomic E-state index is 14.5. The van der Waals surface area contributed by atoms with Gasteiger partial charge in [0.15, 0.2) is 0 Å². The number of benzene rings is 6. The Morgan fingerprint density at radius 2 is 0.902 bits per heavy atom. The van der Waals surface area contributed by atoms with Gasteiger partial charge in [-0.15, -0.1) is 0 Å². The van der Waals surface area contributed by atoms with Crippen molar-refractivity contribution in [2.24, 2.45) is 0 Å². The smallest absolute Gasteiger partial charge is 0.261 e. The lowest BCUT2D eigenvalue weighted by molar-refractivity contribution is 0.451. The quantitative estimate of drug-likeness (QED) is 0.129. The van der Waals surface area contributed by atoms with Gasteiger partial charge in [-0.05, 0) is 88.5 Å². The second-order valence-corrected chi connectivity index (χ2v) is 15.4. The molecule has 0 aliphatic heterocycles. The zero-order chi connectivity index (χ0) is 35.8. The Labute approximate surface area is 292 Å². The summed E-state index contributed by atoms with van der Waals surface area (Å²) in [6.45, 7) is 14.5. The number of fused-ring (bicyclic) bond motifs is 3. The summed E-state index contributed by atoms with van der Waals surface area (Å²) in [4.78, 5) is 57.5. The second-order valence-electron chi connectivity index (χ2n) is 15.4. The zero-order valence-electron chi connectivity index (χ0n) is 30.1. The minimum atomic E-state index is -0.313. The van der Waals surface area contributed by atoms with Gasteiger partial charge < -0.3 is 4.42 Å². The fourth-order valence-electron chi connectivity index (χ4n) is 9.14. The van der Waals surface area contributed by atoms with E-state index >= 15 is 0 Å². The average Bonchev–Trinajstić information content (AvgIpc) is 3.26. The number of hydrogen-bond donors (Lipinski definition) is 0. The Morgan fingerprint density at radius 1 is 0.471 bits per heavy atom. The number of rotatable bonds is 6. The topological polar surface area (TPSA) is 91.3 Å². The Morgan fingerprint density at radius 3 is 1.41 bits per heavy atom. The predicted molar refractivity (Wildman–Crippen MR) is 211 cm³/mol. The van der Waals surface area contributed by atoms with Crippen molar-refractivity contribution in [2.75, 3.05) is 0 Å². The van der Waals surface area contributed by atoms with Crippen LogP contribution in [-0.4, -0.2) is 9.13 Å². The molecule has 7 heteroatoms. The molecular weight excluding hydrogens is 636 g/mol. The molecule has 0 aliphatic carbocycles. The van der Waals surface area contributed by atoms with Crippen LogP contribution in [0.5, 0.6) is 0 Å². The highest BCUT2D eigenvalue weighted by Gasteiger charge is 2.28. The van der Waals surface area contributed by atoms with Crippen molar-refractivity contribution in [1.82, 2.24) is 9.13 Å². The van der Waals surface area contributed by atoms with E-state index in [0.717, 1.165) is 48.7 Å². The highest BCUT2D eigenvalue weighted by atomic mass is 16.3. The third-order valence-corrected chi connectivity index (χ3v) is 11.8. The number of nitrogens with zero attached hydrogens (tertiary/aromatic N) is 2. The van der Waals surface area contributed by atoms with E-state index in [2.05, 4.69) is 39.0 Å². The SMILES string of the molecule is CCC(CC)n1c(=O)c2ccc3c4ccc5c(=O)n(C(CC)CC)c(=O)c6cc7c8ccc(C(C)(C)C)cc8oc8cc(c1=O)c2c3c8c7c4c56. The monoisotopic (exact) mass is 676 g/mol. The summed E-state index contributed by atoms with van der Waals surface area (Å²) in [5.74, 6) is 0. The molecule has 51 heavy (non-hydrogen) atoms. The standard InChI is InChI=1S/C44H40N2O5/c1-8-22(9-2)45-40(47)27-16-14-25-26-15-17-28-35-31(43(50)46(41(28)48)23(10-3)11-4)20-33-39(37(26)35)38-29(19-30(42(45)49)34(27)36(25)38)24-13-12-21(44(5,6)7)18-32(24)51-33/h12-20,22-23H,8-11H2,1-7H3.